The van der Waals surface area contributed by atoms with Gasteiger partial charge in [-0.3, -0.25) is 23.5 Å². The molecule has 0 heterocycles. The van der Waals surface area contributed by atoms with Crippen molar-refractivity contribution >= 4 is 60.5 Å². The van der Waals surface area contributed by atoms with Gasteiger partial charge in [0.25, 0.3) is 20.2 Å². The molecule has 0 bridgehead atoms. The molecule has 0 fully saturated rings. The van der Waals surface area contributed by atoms with Gasteiger partial charge in [0.1, 0.15) is 9.79 Å². The van der Waals surface area contributed by atoms with Crippen LogP contribution < -0.4 is 16.4 Å². The van der Waals surface area contributed by atoms with E-state index in [4.69, 9.17) is 5.73 Å². The molecule has 1 aliphatic rings. The maximum absolute atomic E-state index is 13.5. The molecule has 0 spiro atoms. The van der Waals surface area contributed by atoms with E-state index in [0.29, 0.717) is 5.69 Å². The van der Waals surface area contributed by atoms with Crippen LogP contribution in [0.4, 0.5) is 22.7 Å². The summed E-state index contributed by atoms with van der Waals surface area (Å²) in [7, 11) is -9.89. The Morgan fingerprint density at radius 1 is 0.806 bits per heavy atom. The number of ketones is 2. The van der Waals surface area contributed by atoms with Crippen LogP contribution in [0.1, 0.15) is 38.8 Å². The summed E-state index contributed by atoms with van der Waals surface area (Å²) in [4.78, 5) is 36.4. The van der Waals surface area contributed by atoms with Crippen LogP contribution in [-0.4, -0.2) is 43.4 Å². The normalized spacial score (nSPS) is 13.1. The number of amides is 1. The summed E-state index contributed by atoms with van der Waals surface area (Å²) >= 11 is 0. The zero-order chi connectivity index (χ0) is 26.6. The molecule has 6 N–H and O–H groups in total. The van der Waals surface area contributed by atoms with E-state index in [1.54, 1.807) is 0 Å². The molecule has 1 amide bonds. The van der Waals surface area contributed by atoms with Crippen LogP contribution in [0.25, 0.3) is 0 Å². The Kier molecular flexibility index (Phi) is 5.92. The third-order valence-corrected chi connectivity index (χ3v) is 7.11. The summed E-state index contributed by atoms with van der Waals surface area (Å²) in [5.74, 6) is -2.34. The van der Waals surface area contributed by atoms with Crippen molar-refractivity contribution in [3.05, 3.63) is 70.8 Å². The minimum absolute atomic E-state index is 0.270. The van der Waals surface area contributed by atoms with Gasteiger partial charge in [-0.05, 0) is 36.4 Å². The Bertz CT molecular complexity index is 1700. The average molecular weight is 532 g/mol. The molecule has 14 heteroatoms. The predicted octanol–water partition coefficient (Wildman–Crippen LogP) is 2.24. The van der Waals surface area contributed by atoms with Gasteiger partial charge in [0.2, 0.25) is 5.91 Å². The highest BCUT2D eigenvalue weighted by molar-refractivity contribution is 7.86. The predicted molar refractivity (Wildman–Crippen MR) is 128 cm³/mol. The Morgan fingerprint density at radius 2 is 1.39 bits per heavy atom. The van der Waals surface area contributed by atoms with Gasteiger partial charge in [0.15, 0.2) is 11.6 Å². The zero-order valence-electron chi connectivity index (χ0n) is 18.3. The number of carbonyl (C=O) groups is 3. The first-order chi connectivity index (χ1) is 16.7. The number of carbonyl (C=O) groups excluding carboxylic acids is 3. The van der Waals surface area contributed by atoms with Crippen molar-refractivity contribution < 1.29 is 40.3 Å². The van der Waals surface area contributed by atoms with E-state index in [9.17, 15) is 40.3 Å². The van der Waals surface area contributed by atoms with Gasteiger partial charge in [-0.1, -0.05) is 12.1 Å². The molecule has 0 atom stereocenters. The lowest BCUT2D eigenvalue weighted by atomic mass is 9.82. The molecule has 0 saturated carbocycles. The van der Waals surface area contributed by atoms with Crippen LogP contribution in [0.5, 0.6) is 0 Å². The fraction of sp³-hybridized carbons (Fsp3) is 0.0455. The smallest absolute Gasteiger partial charge is 0.296 e. The lowest BCUT2D eigenvalue weighted by molar-refractivity contribution is -0.114. The molecular weight excluding hydrogens is 514 g/mol. The quantitative estimate of drug-likeness (QED) is 0.186. The summed E-state index contributed by atoms with van der Waals surface area (Å²) in [5.41, 5.74) is 3.56. The molecule has 3 aromatic rings. The number of anilines is 4. The van der Waals surface area contributed by atoms with Gasteiger partial charge in [0, 0.05) is 23.9 Å². The van der Waals surface area contributed by atoms with E-state index in [1.165, 1.54) is 31.2 Å². The topological polar surface area (TPSA) is 210 Å². The molecule has 0 aromatic heterocycles. The van der Waals surface area contributed by atoms with Crippen molar-refractivity contribution in [2.45, 2.75) is 16.7 Å². The van der Waals surface area contributed by atoms with Crippen molar-refractivity contribution in [2.24, 2.45) is 0 Å². The molecule has 0 unspecified atom stereocenters. The highest BCUT2D eigenvalue weighted by Crippen LogP contribution is 2.41. The third kappa shape index (κ3) is 4.33. The second kappa shape index (κ2) is 8.53. The lowest BCUT2D eigenvalue weighted by Crippen LogP contribution is -2.27. The monoisotopic (exact) mass is 531 g/mol. The third-order valence-electron chi connectivity index (χ3n) is 5.32. The van der Waals surface area contributed by atoms with Gasteiger partial charge in [-0.25, -0.2) is 0 Å². The van der Waals surface area contributed by atoms with E-state index in [-0.39, 0.29) is 17.3 Å². The Hall–Kier alpha value is -4.11. The minimum atomic E-state index is -4.96. The van der Waals surface area contributed by atoms with Crippen molar-refractivity contribution in [2.75, 3.05) is 16.4 Å². The molecule has 0 saturated heterocycles. The number of nitrogens with one attached hydrogen (secondary N) is 2. The van der Waals surface area contributed by atoms with Crippen LogP contribution in [-0.2, 0) is 25.0 Å². The van der Waals surface area contributed by atoms with Crippen LogP contribution >= 0.6 is 0 Å². The molecule has 1 aliphatic carbocycles. The van der Waals surface area contributed by atoms with Crippen molar-refractivity contribution in [3.8, 4) is 0 Å². The van der Waals surface area contributed by atoms with Crippen LogP contribution in [0, 0.1) is 0 Å². The standard InChI is InChI=1S/C22H17N3O9S2/c1-10(26)24-11-5-7-12(8-6-11)25-14-9-16(36(32,33)34)20(23)19-18(14)22(28)17-13(21(19)27)3-2-4-15(17)35(29,30)31/h2-9,25H,23H2,1H3,(H,24,26)(H,29,30,31)(H,32,33,34). The number of fused-ring (bicyclic) bond motifs is 2. The lowest BCUT2D eigenvalue weighted by Gasteiger charge is -2.24. The molecule has 3 aromatic carbocycles. The Balaban J connectivity index is 1.98. The summed E-state index contributed by atoms with van der Waals surface area (Å²) in [5, 5.41) is 5.31. The highest BCUT2D eigenvalue weighted by atomic mass is 32.2. The number of nitrogens with two attached hydrogens (primary N) is 1. The minimum Gasteiger partial charge on any atom is -0.397 e. The SMILES string of the molecule is CC(=O)Nc1ccc(Nc2cc(S(=O)(=O)O)c(N)c3c2C(=O)c2c(cccc2S(=O)(=O)O)C3=O)cc1. The summed E-state index contributed by atoms with van der Waals surface area (Å²) in [6, 6.07) is 9.94. The van der Waals surface area contributed by atoms with Gasteiger partial charge < -0.3 is 16.4 Å². The second-order valence-electron chi connectivity index (χ2n) is 7.76. The Labute approximate surface area is 204 Å². The molecule has 0 radical (unpaired) electrons. The maximum Gasteiger partial charge on any atom is 0.296 e. The first-order valence-electron chi connectivity index (χ1n) is 9.98. The maximum atomic E-state index is 13.5. The van der Waals surface area contributed by atoms with Gasteiger partial charge >= 0.3 is 0 Å². The Morgan fingerprint density at radius 3 is 1.94 bits per heavy atom. The highest BCUT2D eigenvalue weighted by Gasteiger charge is 2.39. The number of hydrogen-bond acceptors (Lipinski definition) is 9. The first kappa shape index (κ1) is 25.0. The number of benzene rings is 3. The van der Waals surface area contributed by atoms with Crippen molar-refractivity contribution in [1.29, 1.82) is 0 Å². The number of hydrogen-bond donors (Lipinski definition) is 5. The van der Waals surface area contributed by atoms with Crippen LogP contribution in [0.3, 0.4) is 0 Å². The first-order valence-corrected chi connectivity index (χ1v) is 12.9. The summed E-state index contributed by atoms with van der Waals surface area (Å²) < 4.78 is 67.2. The van der Waals surface area contributed by atoms with E-state index in [0.717, 1.165) is 24.3 Å². The van der Waals surface area contributed by atoms with Gasteiger partial charge in [-0.2, -0.15) is 16.8 Å². The van der Waals surface area contributed by atoms with E-state index in [2.05, 4.69) is 10.6 Å². The van der Waals surface area contributed by atoms with Gasteiger partial charge in [-0.15, -0.1) is 0 Å². The van der Waals surface area contributed by atoms with Crippen molar-refractivity contribution in [1.82, 2.24) is 0 Å². The molecule has 186 valence electrons. The van der Waals surface area contributed by atoms with E-state index < -0.39 is 69.5 Å². The molecule has 0 aliphatic heterocycles. The fourth-order valence-electron chi connectivity index (χ4n) is 3.88. The zero-order valence-corrected chi connectivity index (χ0v) is 19.9. The van der Waals surface area contributed by atoms with Crippen LogP contribution in [0.2, 0.25) is 0 Å². The van der Waals surface area contributed by atoms with Gasteiger partial charge in [0.05, 0.1) is 28.1 Å². The van der Waals surface area contributed by atoms with E-state index >= 15 is 0 Å². The molecule has 12 nitrogen and oxygen atoms in total. The van der Waals surface area contributed by atoms with E-state index in [1.807, 2.05) is 0 Å². The molecular formula is C22H17N3O9S2. The van der Waals surface area contributed by atoms with Crippen LogP contribution in [0.15, 0.2) is 58.3 Å². The second-order valence-corrected chi connectivity index (χ2v) is 10.5. The number of nitrogen functional groups attached to an aromatic ring is 1. The van der Waals surface area contributed by atoms with Crippen molar-refractivity contribution in [3.63, 3.8) is 0 Å². The molecule has 4 rings (SSSR count). The largest absolute Gasteiger partial charge is 0.397 e. The summed E-state index contributed by atoms with van der Waals surface area (Å²) in [6.45, 7) is 1.31. The molecule has 36 heavy (non-hydrogen) atoms. The number of rotatable bonds is 5. The average Bonchev–Trinajstić information content (AvgIpc) is 2.77. The fourth-order valence-corrected chi connectivity index (χ4v) is 5.24. The summed E-state index contributed by atoms with van der Waals surface area (Å²) in [6.07, 6.45) is 0.